The Kier molecular flexibility index (Phi) is 4.88. The lowest BCUT2D eigenvalue weighted by Crippen LogP contribution is -2.16. The topological polar surface area (TPSA) is 46.3 Å². The third kappa shape index (κ3) is 3.30. The molecule has 4 aromatic rings. The van der Waals surface area contributed by atoms with E-state index in [1.54, 1.807) is 6.07 Å². The maximum absolute atomic E-state index is 10.2. The number of benzene rings is 3. The second kappa shape index (κ2) is 7.83. The van der Waals surface area contributed by atoms with Crippen molar-refractivity contribution in [3.8, 4) is 5.75 Å². The molecule has 2 atom stereocenters. The molecule has 0 bridgehead atoms. The average Bonchev–Trinajstić information content (AvgIpc) is 3.26. The van der Waals surface area contributed by atoms with E-state index in [1.807, 2.05) is 18.2 Å². The fraction of sp³-hybridized carbons (Fsp3) is 0.222. The maximum Gasteiger partial charge on any atom is 0.140 e. The minimum atomic E-state index is 0.0418. The third-order valence-corrected chi connectivity index (χ3v) is 6.46. The molecule has 0 saturated carbocycles. The van der Waals surface area contributed by atoms with Gasteiger partial charge in [-0.25, -0.2) is 0 Å². The molecule has 3 aromatic carbocycles. The number of nitrogens with zero attached hydrogens (tertiary/aromatic N) is 1. The van der Waals surface area contributed by atoms with Crippen molar-refractivity contribution in [2.75, 3.05) is 0 Å². The van der Waals surface area contributed by atoms with Gasteiger partial charge in [-0.3, -0.25) is 0 Å². The molecule has 0 radical (unpaired) electrons. The van der Waals surface area contributed by atoms with Crippen LogP contribution < -0.4 is 0 Å². The molecule has 0 aliphatic heterocycles. The molecule has 5 rings (SSSR count). The van der Waals surface area contributed by atoms with Gasteiger partial charge in [-0.15, -0.1) is 0 Å². The molecule has 1 aliphatic rings. The van der Waals surface area contributed by atoms with Crippen molar-refractivity contribution in [1.29, 1.82) is 0 Å². The Bertz CT molecular complexity index is 1090. The average molecular weight is 396 g/mol. The quantitative estimate of drug-likeness (QED) is 0.435. The lowest BCUT2D eigenvalue weighted by Gasteiger charge is -2.29. The van der Waals surface area contributed by atoms with Crippen LogP contribution in [0.2, 0.25) is 0 Å². The summed E-state index contributed by atoms with van der Waals surface area (Å²) in [7, 11) is 0. The highest BCUT2D eigenvalue weighted by Crippen LogP contribution is 2.45. The van der Waals surface area contributed by atoms with Gasteiger partial charge in [0, 0.05) is 12.0 Å². The zero-order chi connectivity index (χ0) is 20.5. The Morgan fingerprint density at radius 1 is 0.900 bits per heavy atom. The first-order valence-electron chi connectivity index (χ1n) is 10.6. The largest absolute Gasteiger partial charge is 0.508 e. The van der Waals surface area contributed by atoms with Crippen LogP contribution in [0.3, 0.4) is 0 Å². The molecule has 30 heavy (non-hydrogen) atoms. The van der Waals surface area contributed by atoms with Crippen LogP contribution >= 0.6 is 0 Å². The summed E-state index contributed by atoms with van der Waals surface area (Å²) in [6.07, 6.45) is 1.80. The summed E-state index contributed by atoms with van der Waals surface area (Å²) in [6.45, 7) is 2.22. The van der Waals surface area contributed by atoms with Gasteiger partial charge in [0.25, 0.3) is 0 Å². The van der Waals surface area contributed by atoms with E-state index in [0.717, 1.165) is 29.9 Å². The molecule has 0 spiro atoms. The molecule has 2 unspecified atom stereocenters. The molecule has 150 valence electrons. The molecule has 0 amide bonds. The highest BCUT2D eigenvalue weighted by molar-refractivity contribution is 5.45. The van der Waals surface area contributed by atoms with Crippen molar-refractivity contribution in [2.45, 2.75) is 37.5 Å². The fourth-order valence-electron chi connectivity index (χ4n) is 4.89. The summed E-state index contributed by atoms with van der Waals surface area (Å²) in [4.78, 5) is 0. The van der Waals surface area contributed by atoms with Gasteiger partial charge < -0.3 is 9.63 Å². The van der Waals surface area contributed by atoms with Crippen LogP contribution in [0.15, 0.2) is 89.5 Å². The Labute approximate surface area is 177 Å². The first-order valence-corrected chi connectivity index (χ1v) is 10.6. The number of rotatable bonds is 4. The molecule has 3 heteroatoms. The first-order chi connectivity index (χ1) is 14.7. The fourth-order valence-corrected chi connectivity index (χ4v) is 4.89. The minimum Gasteiger partial charge on any atom is -0.508 e. The molecule has 1 aliphatic carbocycles. The van der Waals surface area contributed by atoms with E-state index in [2.05, 4.69) is 72.7 Å². The summed E-state index contributed by atoms with van der Waals surface area (Å²) >= 11 is 0. The SMILES string of the molecule is CC1c2cccc(O)c2CCC1c1cc(C(c2ccccc2)c2ccccc2)no1. The Balaban J connectivity index is 1.51. The van der Waals surface area contributed by atoms with Crippen molar-refractivity contribution in [3.05, 3.63) is 119 Å². The number of fused-ring (bicyclic) bond motifs is 1. The van der Waals surface area contributed by atoms with Gasteiger partial charge >= 0.3 is 0 Å². The van der Waals surface area contributed by atoms with E-state index in [1.165, 1.54) is 16.7 Å². The van der Waals surface area contributed by atoms with Crippen molar-refractivity contribution in [3.63, 3.8) is 0 Å². The normalized spacial score (nSPS) is 18.3. The van der Waals surface area contributed by atoms with Gasteiger partial charge in [-0.05, 0) is 47.1 Å². The Hall–Kier alpha value is -3.33. The predicted octanol–water partition coefficient (Wildman–Crippen LogP) is 6.39. The van der Waals surface area contributed by atoms with Crippen LogP contribution in [0.5, 0.6) is 5.75 Å². The summed E-state index contributed by atoms with van der Waals surface area (Å²) in [5, 5.41) is 14.8. The van der Waals surface area contributed by atoms with Crippen LogP contribution in [-0.4, -0.2) is 10.3 Å². The van der Waals surface area contributed by atoms with E-state index in [9.17, 15) is 5.11 Å². The molecule has 0 saturated heterocycles. The highest BCUT2D eigenvalue weighted by atomic mass is 16.5. The van der Waals surface area contributed by atoms with E-state index in [-0.39, 0.29) is 17.8 Å². The van der Waals surface area contributed by atoms with Gasteiger partial charge in [0.05, 0.1) is 11.6 Å². The van der Waals surface area contributed by atoms with Gasteiger partial charge in [0.15, 0.2) is 0 Å². The van der Waals surface area contributed by atoms with Gasteiger partial charge in [-0.2, -0.15) is 0 Å². The molecular weight excluding hydrogens is 370 g/mol. The van der Waals surface area contributed by atoms with Crippen LogP contribution in [0.25, 0.3) is 0 Å². The smallest absolute Gasteiger partial charge is 0.140 e. The van der Waals surface area contributed by atoms with Crippen molar-refractivity contribution < 1.29 is 9.63 Å². The Morgan fingerprint density at radius 3 is 2.23 bits per heavy atom. The summed E-state index contributed by atoms with van der Waals surface area (Å²) < 4.78 is 5.93. The van der Waals surface area contributed by atoms with Gasteiger partial charge in [-0.1, -0.05) is 84.9 Å². The van der Waals surface area contributed by atoms with Crippen molar-refractivity contribution >= 4 is 0 Å². The van der Waals surface area contributed by atoms with E-state index < -0.39 is 0 Å². The molecule has 1 aromatic heterocycles. The van der Waals surface area contributed by atoms with Gasteiger partial charge in [0.1, 0.15) is 11.5 Å². The molecule has 1 N–H and O–H groups in total. The van der Waals surface area contributed by atoms with Crippen LogP contribution in [0.1, 0.15) is 64.8 Å². The molecule has 1 heterocycles. The predicted molar refractivity (Wildman–Crippen MR) is 118 cm³/mol. The van der Waals surface area contributed by atoms with Crippen molar-refractivity contribution in [2.24, 2.45) is 0 Å². The highest BCUT2D eigenvalue weighted by Gasteiger charge is 2.32. The number of phenols is 1. The standard InChI is InChI=1S/C27H25NO2/c1-18-21-13-8-14-25(29)23(21)16-15-22(18)26-17-24(28-30-26)27(19-9-4-2-5-10-19)20-11-6-3-7-12-20/h2-14,17-18,22,27,29H,15-16H2,1H3. The van der Waals surface area contributed by atoms with Crippen LogP contribution in [0.4, 0.5) is 0 Å². The third-order valence-electron chi connectivity index (χ3n) is 6.46. The van der Waals surface area contributed by atoms with E-state index in [4.69, 9.17) is 4.52 Å². The number of aromatic nitrogens is 1. The van der Waals surface area contributed by atoms with Crippen molar-refractivity contribution in [1.82, 2.24) is 5.16 Å². The zero-order valence-electron chi connectivity index (χ0n) is 17.0. The second-order valence-electron chi connectivity index (χ2n) is 8.19. The number of hydrogen-bond donors (Lipinski definition) is 1. The van der Waals surface area contributed by atoms with Gasteiger partial charge in [0.2, 0.25) is 0 Å². The number of hydrogen-bond acceptors (Lipinski definition) is 3. The van der Waals surface area contributed by atoms with Crippen LogP contribution in [-0.2, 0) is 6.42 Å². The lowest BCUT2D eigenvalue weighted by atomic mass is 9.74. The molecule has 0 fully saturated rings. The first kappa shape index (κ1) is 18.7. The molecular formula is C27H25NO2. The summed E-state index contributed by atoms with van der Waals surface area (Å²) in [5.74, 6) is 1.91. The monoisotopic (exact) mass is 395 g/mol. The van der Waals surface area contributed by atoms with E-state index in [0.29, 0.717) is 5.75 Å². The maximum atomic E-state index is 10.2. The second-order valence-corrected chi connectivity index (χ2v) is 8.19. The minimum absolute atomic E-state index is 0.0418. The number of phenolic OH excluding ortho intramolecular Hbond substituents is 1. The van der Waals surface area contributed by atoms with Crippen LogP contribution in [0, 0.1) is 0 Å². The zero-order valence-corrected chi connectivity index (χ0v) is 17.0. The molecule has 3 nitrogen and oxygen atoms in total. The van der Waals surface area contributed by atoms with E-state index >= 15 is 0 Å². The number of aromatic hydroxyl groups is 1. The lowest BCUT2D eigenvalue weighted by molar-refractivity contribution is 0.325. The Morgan fingerprint density at radius 2 is 1.57 bits per heavy atom. The summed E-state index contributed by atoms with van der Waals surface area (Å²) in [5.41, 5.74) is 5.64. The summed E-state index contributed by atoms with van der Waals surface area (Å²) in [6, 6.07) is 28.9.